The molecule has 8 heteroatoms. The predicted molar refractivity (Wildman–Crippen MR) is 91.6 cm³/mol. The zero-order valence-corrected chi connectivity index (χ0v) is 15.0. The number of rotatable bonds is 5. The summed E-state index contributed by atoms with van der Waals surface area (Å²) in [5.41, 5.74) is 0.437. The van der Waals surface area contributed by atoms with E-state index in [1.165, 1.54) is 33.4 Å². The molecule has 0 N–H and O–H groups in total. The van der Waals surface area contributed by atoms with E-state index in [0.29, 0.717) is 17.2 Å². The summed E-state index contributed by atoms with van der Waals surface area (Å²) in [6, 6.07) is 9.50. The average Bonchev–Trinajstić information content (AvgIpc) is 2.56. The number of halogens is 2. The molecule has 0 atom stereocenters. The third-order valence-corrected chi connectivity index (χ3v) is 6.09. The van der Waals surface area contributed by atoms with E-state index in [-0.39, 0.29) is 14.9 Å². The van der Waals surface area contributed by atoms with Crippen molar-refractivity contribution in [2.24, 2.45) is 0 Å². The van der Waals surface area contributed by atoms with Crippen molar-refractivity contribution < 1.29 is 17.9 Å². The molecule has 0 bridgehead atoms. The Bertz CT molecular complexity index is 824. The minimum Gasteiger partial charge on any atom is -0.497 e. The van der Waals surface area contributed by atoms with E-state index in [1.807, 2.05) is 0 Å². The van der Waals surface area contributed by atoms with Gasteiger partial charge in [-0.15, -0.1) is 0 Å². The maximum Gasteiger partial charge on any atom is 0.265 e. The van der Waals surface area contributed by atoms with E-state index in [2.05, 4.69) is 0 Å². The van der Waals surface area contributed by atoms with Crippen LogP contribution in [-0.2, 0) is 10.0 Å². The second-order valence-electron chi connectivity index (χ2n) is 4.57. The van der Waals surface area contributed by atoms with Crippen LogP contribution < -0.4 is 13.8 Å². The lowest BCUT2D eigenvalue weighted by Gasteiger charge is -2.21. The molecule has 0 heterocycles. The Kier molecular flexibility index (Phi) is 5.29. The summed E-state index contributed by atoms with van der Waals surface area (Å²) in [5, 5.41) is -0.0324. The van der Waals surface area contributed by atoms with Crippen molar-refractivity contribution in [3.63, 3.8) is 0 Å². The largest absolute Gasteiger partial charge is 0.497 e. The third kappa shape index (κ3) is 3.34. The Hall–Kier alpha value is -1.63. The van der Waals surface area contributed by atoms with Crippen molar-refractivity contribution in [1.82, 2.24) is 0 Å². The minimum atomic E-state index is -3.89. The smallest absolute Gasteiger partial charge is 0.265 e. The van der Waals surface area contributed by atoms with E-state index >= 15 is 0 Å². The maximum atomic E-state index is 12.8. The van der Waals surface area contributed by atoms with E-state index in [0.717, 1.165) is 4.31 Å². The van der Waals surface area contributed by atoms with E-state index < -0.39 is 10.0 Å². The van der Waals surface area contributed by atoms with E-state index in [9.17, 15) is 8.42 Å². The summed E-state index contributed by atoms with van der Waals surface area (Å²) in [4.78, 5) is -0.102. The molecule has 5 nitrogen and oxygen atoms in total. The fourth-order valence-corrected chi connectivity index (χ4v) is 3.96. The van der Waals surface area contributed by atoms with Crippen LogP contribution in [0.25, 0.3) is 0 Å². The molecule has 0 aliphatic carbocycles. The molecular weight excluding hydrogens is 361 g/mol. The number of nitrogens with zero attached hydrogens (tertiary/aromatic N) is 1. The summed E-state index contributed by atoms with van der Waals surface area (Å²) in [6.07, 6.45) is 0. The van der Waals surface area contributed by atoms with Crippen LogP contribution in [0.2, 0.25) is 10.0 Å². The van der Waals surface area contributed by atoms with Gasteiger partial charge in [-0.2, -0.15) is 0 Å². The molecule has 0 fully saturated rings. The lowest BCUT2D eigenvalue weighted by atomic mass is 10.3. The molecule has 0 aliphatic rings. The molecule has 2 rings (SSSR count). The first-order valence-corrected chi connectivity index (χ1v) is 8.67. The lowest BCUT2D eigenvalue weighted by molar-refractivity contribution is 0.414. The van der Waals surface area contributed by atoms with Gasteiger partial charge in [-0.3, -0.25) is 4.31 Å². The third-order valence-electron chi connectivity index (χ3n) is 3.29. The standard InChI is InChI=1S/C15H15Cl2NO4S/c1-18(10-5-4-6-11(9-10)21-2)23(19,20)13-8-7-12(22-3)14(16)15(13)17/h4-9H,1-3H3. The minimum absolute atomic E-state index is 0.0503. The average molecular weight is 376 g/mol. The molecule has 0 saturated heterocycles. The van der Waals surface area contributed by atoms with Crippen LogP contribution in [0, 0.1) is 0 Å². The van der Waals surface area contributed by atoms with Gasteiger partial charge in [0.15, 0.2) is 0 Å². The van der Waals surface area contributed by atoms with E-state index in [1.54, 1.807) is 24.3 Å². The summed E-state index contributed by atoms with van der Waals surface area (Å²) in [5.74, 6) is 0.850. The molecular formula is C15H15Cl2NO4S. The van der Waals surface area contributed by atoms with Gasteiger partial charge in [0.1, 0.15) is 21.4 Å². The van der Waals surface area contributed by atoms with Crippen LogP contribution in [0.1, 0.15) is 0 Å². The molecule has 2 aromatic carbocycles. The van der Waals surface area contributed by atoms with Gasteiger partial charge < -0.3 is 9.47 Å². The SMILES string of the molecule is COc1cccc(N(C)S(=O)(=O)c2ccc(OC)c(Cl)c2Cl)c1. The Morgan fingerprint density at radius 2 is 1.70 bits per heavy atom. The fraction of sp³-hybridized carbons (Fsp3) is 0.200. The molecule has 0 aromatic heterocycles. The quantitative estimate of drug-likeness (QED) is 0.796. The van der Waals surface area contributed by atoms with Crippen molar-refractivity contribution in [2.75, 3.05) is 25.6 Å². The molecule has 124 valence electrons. The molecule has 0 saturated carbocycles. The fourth-order valence-electron chi connectivity index (χ4n) is 1.96. The Morgan fingerprint density at radius 3 is 2.30 bits per heavy atom. The topological polar surface area (TPSA) is 55.8 Å². The number of ether oxygens (including phenoxy) is 2. The van der Waals surface area contributed by atoms with Crippen LogP contribution in [0.15, 0.2) is 41.3 Å². The van der Waals surface area contributed by atoms with Crippen molar-refractivity contribution in [1.29, 1.82) is 0 Å². The van der Waals surface area contributed by atoms with Gasteiger partial charge in [-0.1, -0.05) is 29.3 Å². The van der Waals surface area contributed by atoms with Gasteiger partial charge in [-0.25, -0.2) is 8.42 Å². The monoisotopic (exact) mass is 375 g/mol. The summed E-state index contributed by atoms with van der Waals surface area (Å²) >= 11 is 12.2. The first-order chi connectivity index (χ1) is 10.8. The predicted octanol–water partition coefficient (Wildman–Crippen LogP) is 3.84. The van der Waals surface area contributed by atoms with Crippen LogP contribution in [-0.4, -0.2) is 29.7 Å². The molecule has 2 aromatic rings. The van der Waals surface area contributed by atoms with Crippen LogP contribution >= 0.6 is 23.2 Å². The highest BCUT2D eigenvalue weighted by atomic mass is 35.5. The van der Waals surface area contributed by atoms with Crippen molar-refractivity contribution >= 4 is 38.9 Å². The molecule has 0 aliphatic heterocycles. The van der Waals surface area contributed by atoms with Crippen LogP contribution in [0.5, 0.6) is 11.5 Å². The number of sulfonamides is 1. The number of benzene rings is 2. The molecule has 0 radical (unpaired) electrons. The zero-order chi connectivity index (χ0) is 17.2. The van der Waals surface area contributed by atoms with Crippen molar-refractivity contribution in [3.8, 4) is 11.5 Å². The zero-order valence-electron chi connectivity index (χ0n) is 12.7. The first kappa shape index (κ1) is 17.7. The highest BCUT2D eigenvalue weighted by Crippen LogP contribution is 2.38. The first-order valence-electron chi connectivity index (χ1n) is 6.48. The van der Waals surface area contributed by atoms with Gasteiger partial charge >= 0.3 is 0 Å². The van der Waals surface area contributed by atoms with Gasteiger partial charge in [0.25, 0.3) is 10.0 Å². The maximum absolute atomic E-state index is 12.8. The summed E-state index contributed by atoms with van der Waals surface area (Å²) in [6.45, 7) is 0. The molecule has 0 amide bonds. The van der Waals surface area contributed by atoms with E-state index in [4.69, 9.17) is 32.7 Å². The van der Waals surface area contributed by atoms with Gasteiger partial charge in [0, 0.05) is 13.1 Å². The number of hydrogen-bond acceptors (Lipinski definition) is 4. The summed E-state index contributed by atoms with van der Waals surface area (Å²) in [7, 11) is 0.472. The summed E-state index contributed by atoms with van der Waals surface area (Å²) < 4.78 is 36.9. The van der Waals surface area contributed by atoms with Gasteiger partial charge in [0.05, 0.1) is 24.9 Å². The lowest BCUT2D eigenvalue weighted by Crippen LogP contribution is -2.26. The second kappa shape index (κ2) is 6.86. The van der Waals surface area contributed by atoms with Gasteiger partial charge in [0.2, 0.25) is 0 Å². The Labute approximate surface area is 145 Å². The number of anilines is 1. The van der Waals surface area contributed by atoms with Gasteiger partial charge in [-0.05, 0) is 24.3 Å². The Morgan fingerprint density at radius 1 is 1.00 bits per heavy atom. The van der Waals surface area contributed by atoms with Crippen LogP contribution in [0.3, 0.4) is 0 Å². The molecule has 0 unspecified atom stereocenters. The Balaban J connectivity index is 2.51. The number of methoxy groups -OCH3 is 2. The van der Waals surface area contributed by atoms with Crippen molar-refractivity contribution in [3.05, 3.63) is 46.4 Å². The second-order valence-corrected chi connectivity index (χ2v) is 7.26. The molecule has 23 heavy (non-hydrogen) atoms. The van der Waals surface area contributed by atoms with Crippen LogP contribution in [0.4, 0.5) is 5.69 Å². The highest BCUT2D eigenvalue weighted by Gasteiger charge is 2.26. The normalized spacial score (nSPS) is 11.2. The molecule has 0 spiro atoms. The highest BCUT2D eigenvalue weighted by molar-refractivity contribution is 7.93. The van der Waals surface area contributed by atoms with Crippen molar-refractivity contribution in [2.45, 2.75) is 4.90 Å². The number of hydrogen-bond donors (Lipinski definition) is 0.